The molecule has 0 saturated carbocycles. The topological polar surface area (TPSA) is 115 Å². The number of hydrogen-bond acceptors (Lipinski definition) is 7. The van der Waals surface area contributed by atoms with Gasteiger partial charge in [0.05, 0.1) is 23.5 Å². The minimum absolute atomic E-state index is 0.0149. The molecule has 3 N–H and O–H groups in total. The van der Waals surface area contributed by atoms with Crippen LogP contribution in [0.1, 0.15) is 42.6 Å². The minimum atomic E-state index is -3.26. The van der Waals surface area contributed by atoms with Gasteiger partial charge in [0.15, 0.2) is 0 Å². The first-order valence-corrected chi connectivity index (χ1v) is 11.5. The SMILES string of the molecule is COc1ccc(F)cc1C(=O)c1ccc(NC2CCN(S(=O)(=O)C(C)C)CC2)nc1N. The number of sulfonamides is 1. The van der Waals surface area contributed by atoms with E-state index in [-0.39, 0.29) is 28.7 Å². The Bertz CT molecular complexity index is 1070. The van der Waals surface area contributed by atoms with Gasteiger partial charge in [0.25, 0.3) is 0 Å². The smallest absolute Gasteiger partial charge is 0.216 e. The van der Waals surface area contributed by atoms with Crippen molar-refractivity contribution >= 4 is 27.4 Å². The number of anilines is 2. The van der Waals surface area contributed by atoms with Gasteiger partial charge in [0, 0.05) is 19.1 Å². The Morgan fingerprint density at radius 2 is 1.90 bits per heavy atom. The van der Waals surface area contributed by atoms with E-state index >= 15 is 0 Å². The summed E-state index contributed by atoms with van der Waals surface area (Å²) in [5, 5.41) is 2.81. The second-order valence-corrected chi connectivity index (χ2v) is 10.2. The number of nitrogens with two attached hydrogens (primary N) is 1. The van der Waals surface area contributed by atoms with Crippen molar-refractivity contribution in [1.29, 1.82) is 0 Å². The van der Waals surface area contributed by atoms with E-state index in [0.717, 1.165) is 6.07 Å². The van der Waals surface area contributed by atoms with Gasteiger partial charge in [-0.25, -0.2) is 22.1 Å². The molecule has 31 heavy (non-hydrogen) atoms. The van der Waals surface area contributed by atoms with Gasteiger partial charge in [-0.15, -0.1) is 0 Å². The van der Waals surface area contributed by atoms with Gasteiger partial charge in [-0.3, -0.25) is 4.79 Å². The molecule has 3 rings (SSSR count). The number of benzene rings is 1. The number of methoxy groups -OCH3 is 1. The van der Waals surface area contributed by atoms with Crippen molar-refractivity contribution in [3.8, 4) is 5.75 Å². The van der Waals surface area contributed by atoms with Crippen LogP contribution in [0.3, 0.4) is 0 Å². The van der Waals surface area contributed by atoms with Gasteiger partial charge < -0.3 is 15.8 Å². The fourth-order valence-corrected chi connectivity index (χ4v) is 4.83. The zero-order valence-electron chi connectivity index (χ0n) is 17.8. The van der Waals surface area contributed by atoms with E-state index in [1.807, 2.05) is 0 Å². The van der Waals surface area contributed by atoms with Crippen molar-refractivity contribution in [1.82, 2.24) is 9.29 Å². The number of halogens is 1. The van der Waals surface area contributed by atoms with Gasteiger partial charge in [0.2, 0.25) is 15.8 Å². The average Bonchev–Trinajstić information content (AvgIpc) is 2.73. The van der Waals surface area contributed by atoms with E-state index in [9.17, 15) is 17.6 Å². The number of nitrogens with zero attached hydrogens (tertiary/aromatic N) is 2. The molecule has 0 unspecified atom stereocenters. The molecule has 0 radical (unpaired) electrons. The molecule has 1 fully saturated rings. The molecule has 1 aliphatic heterocycles. The van der Waals surface area contributed by atoms with Crippen LogP contribution in [0, 0.1) is 5.82 Å². The monoisotopic (exact) mass is 450 g/mol. The van der Waals surface area contributed by atoms with Crippen molar-refractivity contribution in [3.63, 3.8) is 0 Å². The molecule has 1 saturated heterocycles. The van der Waals surface area contributed by atoms with Gasteiger partial charge in [0.1, 0.15) is 23.2 Å². The third-order valence-electron chi connectivity index (χ3n) is 5.34. The first-order chi connectivity index (χ1) is 14.6. The fourth-order valence-electron chi connectivity index (χ4n) is 3.51. The lowest BCUT2D eigenvalue weighted by molar-refractivity contribution is 0.103. The van der Waals surface area contributed by atoms with Gasteiger partial charge in [-0.2, -0.15) is 0 Å². The van der Waals surface area contributed by atoms with Crippen LogP contribution in [0.2, 0.25) is 0 Å². The Hall–Kier alpha value is -2.72. The summed E-state index contributed by atoms with van der Waals surface area (Å²) in [6.45, 7) is 4.22. The van der Waals surface area contributed by atoms with E-state index in [4.69, 9.17) is 10.5 Å². The number of rotatable bonds is 7. The summed E-state index contributed by atoms with van der Waals surface area (Å²) in [6, 6.07) is 6.90. The Kier molecular flexibility index (Phi) is 6.80. The molecule has 0 bridgehead atoms. The van der Waals surface area contributed by atoms with Crippen molar-refractivity contribution in [2.45, 2.75) is 38.0 Å². The van der Waals surface area contributed by atoms with Crippen LogP contribution in [0.15, 0.2) is 30.3 Å². The number of ether oxygens (including phenoxy) is 1. The van der Waals surface area contributed by atoms with Crippen LogP contribution in [0.4, 0.5) is 16.0 Å². The van der Waals surface area contributed by atoms with Crippen LogP contribution in [0.5, 0.6) is 5.75 Å². The average molecular weight is 451 g/mol. The summed E-state index contributed by atoms with van der Waals surface area (Å²) in [4.78, 5) is 17.1. The highest BCUT2D eigenvalue weighted by Gasteiger charge is 2.30. The molecule has 8 nitrogen and oxygen atoms in total. The highest BCUT2D eigenvalue weighted by molar-refractivity contribution is 7.89. The summed E-state index contributed by atoms with van der Waals surface area (Å²) in [6.07, 6.45) is 1.27. The maximum atomic E-state index is 13.6. The molecule has 0 amide bonds. The number of carbonyl (C=O) groups excluding carboxylic acids is 1. The lowest BCUT2D eigenvalue weighted by Crippen LogP contribution is -2.44. The van der Waals surface area contributed by atoms with Gasteiger partial charge in [-0.05, 0) is 57.0 Å². The Morgan fingerprint density at radius 1 is 1.23 bits per heavy atom. The third kappa shape index (κ3) is 4.96. The normalized spacial score (nSPS) is 15.8. The highest BCUT2D eigenvalue weighted by Crippen LogP contribution is 2.26. The zero-order chi connectivity index (χ0) is 22.8. The molecule has 10 heteroatoms. The van der Waals surface area contributed by atoms with Crippen LogP contribution in [0.25, 0.3) is 0 Å². The Balaban J connectivity index is 1.70. The van der Waals surface area contributed by atoms with Crippen LogP contribution in [-0.4, -0.2) is 55.0 Å². The predicted octanol–water partition coefficient (Wildman–Crippen LogP) is 2.66. The zero-order valence-corrected chi connectivity index (χ0v) is 18.6. The van der Waals surface area contributed by atoms with E-state index in [2.05, 4.69) is 10.3 Å². The number of aromatic nitrogens is 1. The largest absolute Gasteiger partial charge is 0.496 e. The van der Waals surface area contributed by atoms with Crippen LogP contribution >= 0.6 is 0 Å². The summed E-state index contributed by atoms with van der Waals surface area (Å²) < 4.78 is 44.9. The van der Waals surface area contributed by atoms with Crippen molar-refractivity contribution in [2.75, 3.05) is 31.2 Å². The number of carbonyl (C=O) groups is 1. The van der Waals surface area contributed by atoms with Crippen molar-refractivity contribution in [2.24, 2.45) is 0 Å². The summed E-state index contributed by atoms with van der Waals surface area (Å²) in [7, 11) is -1.86. The molecular formula is C21H27FN4O4S. The first kappa shape index (κ1) is 23.0. The first-order valence-electron chi connectivity index (χ1n) is 10.0. The molecule has 0 spiro atoms. The van der Waals surface area contributed by atoms with Crippen molar-refractivity contribution in [3.05, 3.63) is 47.3 Å². The van der Waals surface area contributed by atoms with E-state index in [1.54, 1.807) is 19.9 Å². The number of pyridine rings is 1. The number of ketones is 1. The molecule has 2 aromatic rings. The lowest BCUT2D eigenvalue weighted by Gasteiger charge is -2.33. The second kappa shape index (κ2) is 9.19. The van der Waals surface area contributed by atoms with E-state index < -0.39 is 26.9 Å². The van der Waals surface area contributed by atoms with Gasteiger partial charge >= 0.3 is 0 Å². The second-order valence-electron chi connectivity index (χ2n) is 7.71. The van der Waals surface area contributed by atoms with Crippen molar-refractivity contribution < 1.29 is 22.3 Å². The van der Waals surface area contributed by atoms with Crippen LogP contribution < -0.4 is 15.8 Å². The quantitative estimate of drug-likeness (QED) is 0.623. The highest BCUT2D eigenvalue weighted by atomic mass is 32.2. The third-order valence-corrected chi connectivity index (χ3v) is 7.61. The standard InChI is InChI=1S/C21H27FN4O4S/c1-13(2)31(28,29)26-10-8-15(9-11-26)24-19-7-5-16(21(23)25-19)20(27)17-12-14(22)4-6-18(17)30-3/h4-7,12-13,15H,8-11H2,1-3H3,(H3,23,24,25). The number of nitrogens with one attached hydrogen (secondary N) is 1. The van der Waals surface area contributed by atoms with E-state index in [1.165, 1.54) is 29.6 Å². The predicted molar refractivity (Wildman–Crippen MR) is 117 cm³/mol. The fraction of sp³-hybridized carbons (Fsp3) is 0.429. The maximum absolute atomic E-state index is 13.6. The minimum Gasteiger partial charge on any atom is -0.496 e. The Labute approximate surface area is 181 Å². The van der Waals surface area contributed by atoms with Gasteiger partial charge in [-0.1, -0.05) is 0 Å². The van der Waals surface area contributed by atoms with Crippen LogP contribution in [-0.2, 0) is 10.0 Å². The maximum Gasteiger partial charge on any atom is 0.216 e. The summed E-state index contributed by atoms with van der Waals surface area (Å²) in [5.74, 6) is -0.289. The lowest BCUT2D eigenvalue weighted by atomic mass is 10.0. The Morgan fingerprint density at radius 3 is 2.48 bits per heavy atom. The number of nitrogen functional groups attached to an aromatic ring is 1. The molecule has 0 aliphatic carbocycles. The molecule has 0 atom stereocenters. The molecule has 1 aromatic heterocycles. The molecule has 1 aliphatic rings. The molecule has 1 aromatic carbocycles. The molecule has 2 heterocycles. The summed E-state index contributed by atoms with van der Waals surface area (Å²) >= 11 is 0. The molecule has 168 valence electrons. The number of piperidine rings is 1. The number of hydrogen-bond donors (Lipinski definition) is 2. The molecular weight excluding hydrogens is 423 g/mol. The summed E-state index contributed by atoms with van der Waals surface area (Å²) in [5.41, 5.74) is 6.22. The van der Waals surface area contributed by atoms with E-state index in [0.29, 0.717) is 31.7 Å².